The van der Waals surface area contributed by atoms with E-state index < -0.39 is 5.97 Å². The van der Waals surface area contributed by atoms with Crippen molar-refractivity contribution in [2.45, 2.75) is 20.5 Å². The third-order valence-electron chi connectivity index (χ3n) is 4.75. The fraction of sp³-hybridized carbons (Fsp3) is 0.364. The topological polar surface area (TPSA) is 81.0 Å². The van der Waals surface area contributed by atoms with Gasteiger partial charge in [0, 0.05) is 30.9 Å². The molecule has 0 aliphatic carbocycles. The Morgan fingerprint density at radius 2 is 1.90 bits per heavy atom. The van der Waals surface area contributed by atoms with Gasteiger partial charge >= 0.3 is 5.97 Å². The average molecular weight is 400 g/mol. The normalized spacial score (nSPS) is 11.3. The average Bonchev–Trinajstić information content (AvgIpc) is 2.99. The maximum Gasteiger partial charge on any atom is 0.358 e. The molecule has 2 aromatic rings. The van der Waals surface area contributed by atoms with Gasteiger partial charge < -0.3 is 24.0 Å². The Kier molecular flexibility index (Phi) is 7.61. The number of ether oxygens (including phenoxy) is 2. The molecule has 0 aliphatic heterocycles. The number of rotatable bonds is 9. The van der Waals surface area contributed by atoms with Crippen LogP contribution in [0.5, 0.6) is 5.75 Å². The first-order chi connectivity index (χ1) is 13.8. The predicted octanol–water partition coefficient (Wildman–Crippen LogP) is 2.88. The monoisotopic (exact) mass is 400 g/mol. The number of ketones is 1. The van der Waals surface area contributed by atoms with E-state index in [1.54, 1.807) is 30.7 Å². The van der Waals surface area contributed by atoms with Crippen LogP contribution in [0.15, 0.2) is 36.0 Å². The molecule has 0 bridgehead atoms. The number of esters is 1. The molecule has 29 heavy (non-hydrogen) atoms. The van der Waals surface area contributed by atoms with Gasteiger partial charge in [-0.3, -0.25) is 4.79 Å². The van der Waals surface area contributed by atoms with Gasteiger partial charge in [0.05, 0.1) is 32.6 Å². The van der Waals surface area contributed by atoms with Gasteiger partial charge in [0.1, 0.15) is 0 Å². The van der Waals surface area contributed by atoms with E-state index in [-0.39, 0.29) is 37.0 Å². The van der Waals surface area contributed by atoms with E-state index in [1.165, 1.54) is 7.11 Å². The van der Waals surface area contributed by atoms with Gasteiger partial charge in [-0.05, 0) is 19.9 Å². The molecule has 0 atom stereocenters. The van der Waals surface area contributed by atoms with Crippen molar-refractivity contribution in [3.05, 3.63) is 58.5 Å². The molecule has 7 nitrogen and oxygen atoms in total. The smallest absolute Gasteiger partial charge is 0.358 e. The van der Waals surface area contributed by atoms with Gasteiger partial charge in [-0.1, -0.05) is 30.3 Å². The van der Waals surface area contributed by atoms with E-state index >= 15 is 0 Å². The van der Waals surface area contributed by atoms with Crippen LogP contribution in [0.2, 0.25) is 0 Å². The number of carbonyl (C=O) groups excluding carboxylic acids is 2. The number of allylic oxidation sites excluding steroid dienone is 1. The zero-order valence-corrected chi connectivity index (χ0v) is 17.6. The minimum atomic E-state index is -0.522. The first-order valence-electron chi connectivity index (χ1n) is 9.36. The highest BCUT2D eigenvalue weighted by Gasteiger charge is 2.26. The van der Waals surface area contributed by atoms with Gasteiger partial charge in [-0.25, -0.2) is 4.79 Å². The Balaban J connectivity index is 2.36. The second kappa shape index (κ2) is 9.93. The molecule has 1 aromatic heterocycles. The Bertz CT molecular complexity index is 900. The van der Waals surface area contributed by atoms with Crippen molar-refractivity contribution in [1.82, 2.24) is 9.47 Å². The van der Waals surface area contributed by atoms with Crippen LogP contribution in [-0.2, 0) is 18.4 Å². The molecule has 0 fully saturated rings. The van der Waals surface area contributed by atoms with Gasteiger partial charge in [0.15, 0.2) is 17.2 Å². The number of hydrogen-bond acceptors (Lipinski definition) is 6. The zero-order chi connectivity index (χ0) is 21.6. The molecule has 156 valence electrons. The Morgan fingerprint density at radius 3 is 2.45 bits per heavy atom. The third kappa shape index (κ3) is 4.86. The highest BCUT2D eigenvalue weighted by atomic mass is 16.5. The van der Waals surface area contributed by atoms with Crippen LogP contribution in [0.1, 0.15) is 46.0 Å². The van der Waals surface area contributed by atoms with Crippen LogP contribution < -0.4 is 4.74 Å². The lowest BCUT2D eigenvalue weighted by Gasteiger charge is -2.19. The van der Waals surface area contributed by atoms with Crippen molar-refractivity contribution in [1.29, 1.82) is 0 Å². The number of methoxy groups -OCH3 is 1. The fourth-order valence-electron chi connectivity index (χ4n) is 3.08. The summed E-state index contributed by atoms with van der Waals surface area (Å²) < 4.78 is 12.1. The van der Waals surface area contributed by atoms with E-state index in [2.05, 4.69) is 0 Å². The molecular formula is C22H28N2O5. The highest BCUT2D eigenvalue weighted by Crippen LogP contribution is 2.32. The molecule has 1 N–H and O–H groups in total. The number of nitrogens with zero attached hydrogens (tertiary/aromatic N) is 2. The Morgan fingerprint density at radius 1 is 1.24 bits per heavy atom. The minimum Gasteiger partial charge on any atom is -0.494 e. The van der Waals surface area contributed by atoms with Crippen molar-refractivity contribution in [2.75, 3.05) is 27.3 Å². The molecule has 0 saturated carbocycles. The first kappa shape index (κ1) is 22.2. The van der Waals surface area contributed by atoms with Gasteiger partial charge in [0.25, 0.3) is 0 Å². The van der Waals surface area contributed by atoms with Crippen molar-refractivity contribution >= 4 is 17.8 Å². The number of Topliss-reactive ketones (excluding diaryl/α,β-unsaturated/α-hetero) is 1. The summed E-state index contributed by atoms with van der Waals surface area (Å²) in [7, 11) is 4.97. The van der Waals surface area contributed by atoms with Gasteiger partial charge in [-0.2, -0.15) is 0 Å². The summed E-state index contributed by atoms with van der Waals surface area (Å²) in [5.41, 5.74) is 2.78. The molecule has 1 heterocycles. The first-order valence-corrected chi connectivity index (χ1v) is 9.36. The number of carbonyl (C=O) groups is 2. The van der Waals surface area contributed by atoms with Gasteiger partial charge in [0.2, 0.25) is 0 Å². The van der Waals surface area contributed by atoms with E-state index in [9.17, 15) is 14.7 Å². The van der Waals surface area contributed by atoms with Crippen LogP contribution >= 0.6 is 0 Å². The summed E-state index contributed by atoms with van der Waals surface area (Å²) in [5.74, 6) is -0.234. The summed E-state index contributed by atoms with van der Waals surface area (Å²) in [4.78, 5) is 26.7. The second-order valence-corrected chi connectivity index (χ2v) is 6.61. The number of hydrogen-bond donors (Lipinski definition) is 1. The summed E-state index contributed by atoms with van der Waals surface area (Å²) in [6.07, 6.45) is 1.81. The highest BCUT2D eigenvalue weighted by molar-refractivity contribution is 5.97. The molecule has 7 heteroatoms. The summed E-state index contributed by atoms with van der Waals surface area (Å²) in [6, 6.07) is 9.10. The third-order valence-corrected chi connectivity index (χ3v) is 4.75. The molecule has 0 spiro atoms. The number of aliphatic hydroxyl groups excluding tert-OH is 1. The van der Waals surface area contributed by atoms with Crippen molar-refractivity contribution in [3.8, 4) is 5.75 Å². The summed E-state index contributed by atoms with van der Waals surface area (Å²) >= 11 is 0. The lowest BCUT2D eigenvalue weighted by molar-refractivity contribution is 0.0511. The number of aromatic nitrogens is 1. The molecule has 2 rings (SSSR count). The standard InChI is InChI=1S/C22H28N2O5/c1-6-29-22(27)20-21(28-5)17(14-25)18(24(20)4)12-15(2)23(3)13-19(26)16-10-8-7-9-11-16/h7-12,25H,6,13-14H2,1-5H3/b15-12-. The lowest BCUT2D eigenvalue weighted by atomic mass is 10.1. The Labute approximate surface area is 171 Å². The minimum absolute atomic E-state index is 0.0000871. The largest absolute Gasteiger partial charge is 0.494 e. The maximum atomic E-state index is 12.5. The number of likely N-dealkylation sites (N-methyl/N-ethyl adjacent to an activating group) is 1. The van der Waals surface area contributed by atoms with E-state index in [4.69, 9.17) is 9.47 Å². The van der Waals surface area contributed by atoms with Crippen LogP contribution in [0.4, 0.5) is 0 Å². The molecule has 0 saturated heterocycles. The molecule has 0 unspecified atom stereocenters. The summed E-state index contributed by atoms with van der Waals surface area (Å²) in [6.45, 7) is 3.72. The van der Waals surface area contributed by atoms with Gasteiger partial charge in [-0.15, -0.1) is 0 Å². The Hall–Kier alpha value is -3.06. The van der Waals surface area contributed by atoms with Crippen molar-refractivity contribution in [3.63, 3.8) is 0 Å². The van der Waals surface area contributed by atoms with Crippen molar-refractivity contribution in [2.24, 2.45) is 7.05 Å². The zero-order valence-electron chi connectivity index (χ0n) is 17.6. The quantitative estimate of drug-likeness (QED) is 0.515. The lowest BCUT2D eigenvalue weighted by Crippen LogP contribution is -2.24. The fourth-order valence-corrected chi connectivity index (χ4v) is 3.08. The van der Waals surface area contributed by atoms with Crippen LogP contribution in [0.3, 0.4) is 0 Å². The van der Waals surface area contributed by atoms with Crippen LogP contribution in [0, 0.1) is 0 Å². The van der Waals surface area contributed by atoms with E-state index in [0.29, 0.717) is 16.8 Å². The molecule has 0 radical (unpaired) electrons. The number of aliphatic hydroxyl groups is 1. The molecule has 0 aliphatic rings. The summed E-state index contributed by atoms with van der Waals surface area (Å²) in [5, 5.41) is 9.88. The van der Waals surface area contributed by atoms with Crippen LogP contribution in [0.25, 0.3) is 6.08 Å². The maximum absolute atomic E-state index is 12.5. The molecular weight excluding hydrogens is 372 g/mol. The van der Waals surface area contributed by atoms with E-state index in [0.717, 1.165) is 5.70 Å². The number of benzene rings is 1. The SMILES string of the molecule is CCOC(=O)c1c(OC)c(CO)c(/C=C(/C)N(C)CC(=O)c2ccccc2)n1C. The predicted molar refractivity (Wildman–Crippen MR) is 111 cm³/mol. The molecule has 1 aromatic carbocycles. The van der Waals surface area contributed by atoms with Crippen molar-refractivity contribution < 1.29 is 24.2 Å². The molecule has 0 amide bonds. The van der Waals surface area contributed by atoms with Crippen LogP contribution in [-0.4, -0.2) is 53.6 Å². The van der Waals surface area contributed by atoms with E-state index in [1.807, 2.05) is 43.1 Å². The second-order valence-electron chi connectivity index (χ2n) is 6.61.